The maximum absolute atomic E-state index is 16.2. The molecule has 2 aliphatic rings. The van der Waals surface area contributed by atoms with Gasteiger partial charge in [0.15, 0.2) is 5.65 Å². The summed E-state index contributed by atoms with van der Waals surface area (Å²) in [6.45, 7) is 7.78. The molecule has 0 saturated carbocycles. The van der Waals surface area contributed by atoms with Crippen LogP contribution in [0.2, 0.25) is 0 Å². The van der Waals surface area contributed by atoms with Crippen LogP contribution in [0.3, 0.4) is 0 Å². The Labute approximate surface area is 237 Å². The molecular formula is C30H32FN9O. The summed E-state index contributed by atoms with van der Waals surface area (Å²) in [7, 11) is 0. The second-order valence-electron chi connectivity index (χ2n) is 10.4. The number of aromatic nitrogens is 5. The Morgan fingerprint density at radius 1 is 1.22 bits per heavy atom. The Kier molecular flexibility index (Phi) is 7.41. The number of nitrogens with one attached hydrogen (secondary N) is 3. The molecule has 4 aromatic heterocycles. The third-order valence-electron chi connectivity index (χ3n) is 7.59. The number of hydrogen-bond acceptors (Lipinski definition) is 8. The van der Waals surface area contributed by atoms with Crippen molar-refractivity contribution in [3.8, 4) is 11.1 Å². The molecule has 6 rings (SSSR count). The topological polar surface area (TPSA) is 124 Å². The quantitative estimate of drug-likeness (QED) is 0.233. The standard InChI is InChI=1S/C30H32FN9O/c1-3-4-8-24(41)36-19-13-18(15-33-16-19)20-17-35-29-26(27(20)31)28(38-39-29)23-14-22(32-2)25-21(37-23)9-10-34-30(25)40-11-6-5-7-12-40/h9-10,13-17,22,37H,2-8,11-12H2,1H3,(H,36,41)(H,35,38,39). The first-order valence-electron chi connectivity index (χ1n) is 14.0. The second kappa shape index (κ2) is 11.4. The molecule has 1 amide bonds. The van der Waals surface area contributed by atoms with Crippen LogP contribution in [0.1, 0.15) is 62.7 Å². The normalized spacial score (nSPS) is 16.6. The van der Waals surface area contributed by atoms with E-state index in [9.17, 15) is 4.79 Å². The summed E-state index contributed by atoms with van der Waals surface area (Å²) in [5, 5.41) is 13.8. The number of amides is 1. The SMILES string of the molecule is C=NC1C=C(c2[nH]nc3ncc(-c4cncc(NC(=O)CCCC)c4)c(F)c23)Nc2ccnc(N3CCCCC3)c21. The van der Waals surface area contributed by atoms with Crippen molar-refractivity contribution in [1.29, 1.82) is 0 Å². The lowest BCUT2D eigenvalue weighted by atomic mass is 9.97. The first-order chi connectivity index (χ1) is 20.1. The van der Waals surface area contributed by atoms with Crippen molar-refractivity contribution in [3.05, 3.63) is 60.1 Å². The van der Waals surface area contributed by atoms with Gasteiger partial charge in [-0.3, -0.25) is 19.9 Å². The summed E-state index contributed by atoms with van der Waals surface area (Å²) in [4.78, 5) is 32.3. The monoisotopic (exact) mass is 553 g/mol. The number of aliphatic imine (C=N–C) groups is 1. The first kappa shape index (κ1) is 26.5. The molecule has 41 heavy (non-hydrogen) atoms. The average Bonchev–Trinajstić information content (AvgIpc) is 3.45. The van der Waals surface area contributed by atoms with Gasteiger partial charge in [-0.15, -0.1) is 0 Å². The number of rotatable bonds is 8. The molecule has 1 fully saturated rings. The molecule has 210 valence electrons. The number of piperidine rings is 1. The zero-order valence-corrected chi connectivity index (χ0v) is 23.0. The van der Waals surface area contributed by atoms with Gasteiger partial charge in [0.2, 0.25) is 5.91 Å². The number of nitrogens with zero attached hydrogens (tertiary/aromatic N) is 6. The van der Waals surface area contributed by atoms with E-state index in [1.807, 2.05) is 19.1 Å². The molecule has 10 nitrogen and oxygen atoms in total. The molecule has 0 spiro atoms. The highest BCUT2D eigenvalue weighted by Crippen LogP contribution is 2.42. The molecular weight excluding hydrogens is 521 g/mol. The first-order valence-corrected chi connectivity index (χ1v) is 14.0. The van der Waals surface area contributed by atoms with E-state index >= 15 is 4.39 Å². The number of unbranched alkanes of at least 4 members (excludes halogenated alkanes) is 1. The summed E-state index contributed by atoms with van der Waals surface area (Å²) in [5.41, 5.74) is 4.39. The fourth-order valence-corrected chi connectivity index (χ4v) is 5.50. The molecule has 0 radical (unpaired) electrons. The van der Waals surface area contributed by atoms with Gasteiger partial charge in [0.05, 0.1) is 28.7 Å². The lowest BCUT2D eigenvalue weighted by Crippen LogP contribution is -2.32. The zero-order valence-electron chi connectivity index (χ0n) is 23.0. The highest BCUT2D eigenvalue weighted by Gasteiger charge is 2.29. The van der Waals surface area contributed by atoms with Crippen LogP contribution in [0.5, 0.6) is 0 Å². The Morgan fingerprint density at radius 2 is 2.07 bits per heavy atom. The maximum atomic E-state index is 16.2. The van der Waals surface area contributed by atoms with Crippen LogP contribution >= 0.6 is 0 Å². The van der Waals surface area contributed by atoms with E-state index in [0.29, 0.717) is 29.1 Å². The Hall–Kier alpha value is -4.67. The number of carbonyl (C=O) groups excluding carboxylic acids is 1. The lowest BCUT2D eigenvalue weighted by Gasteiger charge is -2.33. The maximum Gasteiger partial charge on any atom is 0.224 e. The predicted octanol–water partition coefficient (Wildman–Crippen LogP) is 5.88. The minimum Gasteiger partial charge on any atom is -0.356 e. The van der Waals surface area contributed by atoms with E-state index in [4.69, 9.17) is 4.98 Å². The van der Waals surface area contributed by atoms with Crippen LogP contribution in [0.4, 0.5) is 21.6 Å². The van der Waals surface area contributed by atoms with Gasteiger partial charge in [0.1, 0.15) is 17.7 Å². The molecule has 1 unspecified atom stereocenters. The van der Waals surface area contributed by atoms with E-state index in [0.717, 1.165) is 55.8 Å². The van der Waals surface area contributed by atoms with Crippen LogP contribution in [0, 0.1) is 5.82 Å². The van der Waals surface area contributed by atoms with Gasteiger partial charge in [0.25, 0.3) is 0 Å². The van der Waals surface area contributed by atoms with Crippen LogP contribution in [0.25, 0.3) is 27.9 Å². The fraction of sp³-hybridized carbons (Fsp3) is 0.333. The van der Waals surface area contributed by atoms with Gasteiger partial charge in [-0.2, -0.15) is 5.10 Å². The summed E-state index contributed by atoms with van der Waals surface area (Å²) >= 11 is 0. The van der Waals surface area contributed by atoms with Gasteiger partial charge in [-0.05, 0) is 50.6 Å². The summed E-state index contributed by atoms with van der Waals surface area (Å²) in [5.74, 6) is 0.313. The van der Waals surface area contributed by atoms with Crippen molar-refractivity contribution >= 4 is 46.5 Å². The smallest absolute Gasteiger partial charge is 0.224 e. The zero-order chi connectivity index (χ0) is 28.3. The van der Waals surface area contributed by atoms with Gasteiger partial charge in [0, 0.05) is 60.5 Å². The Bertz CT molecular complexity index is 1640. The number of hydrogen-bond donors (Lipinski definition) is 3. The van der Waals surface area contributed by atoms with Crippen LogP contribution in [0.15, 0.2) is 48.0 Å². The van der Waals surface area contributed by atoms with Crippen molar-refractivity contribution in [1.82, 2.24) is 25.1 Å². The molecule has 3 N–H and O–H groups in total. The molecule has 2 aliphatic heterocycles. The molecule has 11 heteroatoms. The fourth-order valence-electron chi connectivity index (χ4n) is 5.50. The number of aromatic amines is 1. The van der Waals surface area contributed by atoms with Gasteiger partial charge < -0.3 is 15.5 Å². The minimum absolute atomic E-state index is 0.100. The highest BCUT2D eigenvalue weighted by molar-refractivity contribution is 5.96. The molecule has 0 bridgehead atoms. The number of halogens is 1. The summed E-state index contributed by atoms with van der Waals surface area (Å²) < 4.78 is 16.2. The van der Waals surface area contributed by atoms with Crippen LogP contribution < -0.4 is 15.5 Å². The molecule has 1 atom stereocenters. The van der Waals surface area contributed by atoms with Crippen LogP contribution in [-0.2, 0) is 4.79 Å². The molecule has 1 saturated heterocycles. The predicted molar refractivity (Wildman–Crippen MR) is 159 cm³/mol. The van der Waals surface area contributed by atoms with Crippen molar-refractivity contribution < 1.29 is 9.18 Å². The number of fused-ring (bicyclic) bond motifs is 2. The van der Waals surface area contributed by atoms with Gasteiger partial charge in [-0.25, -0.2) is 14.4 Å². The molecule has 0 aromatic carbocycles. The largest absolute Gasteiger partial charge is 0.356 e. The third-order valence-corrected chi connectivity index (χ3v) is 7.59. The average molecular weight is 554 g/mol. The Balaban J connectivity index is 1.36. The lowest BCUT2D eigenvalue weighted by molar-refractivity contribution is -0.116. The number of pyridine rings is 3. The minimum atomic E-state index is -0.490. The van der Waals surface area contributed by atoms with E-state index in [1.165, 1.54) is 12.6 Å². The van der Waals surface area contributed by atoms with Gasteiger partial charge >= 0.3 is 0 Å². The van der Waals surface area contributed by atoms with E-state index in [2.05, 4.69) is 47.4 Å². The molecule has 0 aliphatic carbocycles. The molecule has 4 aromatic rings. The van der Waals surface area contributed by atoms with Crippen molar-refractivity contribution in [3.63, 3.8) is 0 Å². The van der Waals surface area contributed by atoms with Crippen molar-refractivity contribution in [2.24, 2.45) is 4.99 Å². The highest BCUT2D eigenvalue weighted by atomic mass is 19.1. The second-order valence-corrected chi connectivity index (χ2v) is 10.4. The number of anilines is 3. The van der Waals surface area contributed by atoms with Gasteiger partial charge in [-0.1, -0.05) is 13.3 Å². The van der Waals surface area contributed by atoms with E-state index < -0.39 is 5.82 Å². The number of carbonyl (C=O) groups is 1. The van der Waals surface area contributed by atoms with E-state index in [-0.39, 0.29) is 28.5 Å². The Morgan fingerprint density at radius 3 is 2.88 bits per heavy atom. The van der Waals surface area contributed by atoms with E-state index in [1.54, 1.807) is 24.7 Å². The summed E-state index contributed by atoms with van der Waals surface area (Å²) in [6, 6.07) is 3.23. The van der Waals surface area contributed by atoms with Crippen molar-refractivity contribution in [2.45, 2.75) is 51.5 Å². The van der Waals surface area contributed by atoms with Crippen molar-refractivity contribution in [2.75, 3.05) is 28.6 Å². The molecule has 6 heterocycles. The summed E-state index contributed by atoms with van der Waals surface area (Å²) in [6.07, 6.45) is 13.8. The third kappa shape index (κ3) is 5.15. The van der Waals surface area contributed by atoms with Crippen LogP contribution in [-0.4, -0.2) is 50.9 Å². The number of H-pyrrole nitrogens is 1.